The Balaban J connectivity index is 2.30. The average Bonchev–Trinajstić information content (AvgIpc) is 2.61. The van der Waals surface area contributed by atoms with Crippen molar-refractivity contribution in [3.8, 4) is 5.75 Å². The standard InChI is InChI=1S/C20H24N2O6S/c1-5-28-17-10-9-15(12-16(17)18(23)24)29(26,27)22-14-8-6-7-13(11-14)21-19(25)20(2,3)4/h6-12,22H,5H2,1-4H3,(H,21,25)(H,23,24). The fourth-order valence-electron chi connectivity index (χ4n) is 2.32. The molecule has 9 heteroatoms. The van der Waals surface area contributed by atoms with Crippen molar-refractivity contribution in [3.63, 3.8) is 0 Å². The van der Waals surface area contributed by atoms with Crippen LogP contribution in [0.2, 0.25) is 0 Å². The molecule has 0 fully saturated rings. The van der Waals surface area contributed by atoms with Crippen LogP contribution in [0.15, 0.2) is 47.4 Å². The molecular weight excluding hydrogens is 396 g/mol. The number of rotatable bonds is 7. The van der Waals surface area contributed by atoms with Crippen molar-refractivity contribution in [2.45, 2.75) is 32.6 Å². The average molecular weight is 420 g/mol. The summed E-state index contributed by atoms with van der Waals surface area (Å²) in [7, 11) is -4.06. The predicted octanol–water partition coefficient (Wildman–Crippen LogP) is 3.57. The van der Waals surface area contributed by atoms with E-state index in [4.69, 9.17) is 4.74 Å². The summed E-state index contributed by atoms with van der Waals surface area (Å²) in [4.78, 5) is 23.3. The Hall–Kier alpha value is -3.07. The monoisotopic (exact) mass is 420 g/mol. The molecule has 0 saturated carbocycles. The summed E-state index contributed by atoms with van der Waals surface area (Å²) in [5, 5.41) is 12.0. The van der Waals surface area contributed by atoms with Crippen LogP contribution in [-0.4, -0.2) is 32.0 Å². The maximum absolute atomic E-state index is 12.7. The van der Waals surface area contributed by atoms with Gasteiger partial charge < -0.3 is 15.2 Å². The van der Waals surface area contributed by atoms with Gasteiger partial charge >= 0.3 is 5.97 Å². The third-order valence-electron chi connectivity index (χ3n) is 3.85. The fourth-order valence-corrected chi connectivity index (χ4v) is 3.39. The molecule has 3 N–H and O–H groups in total. The van der Waals surface area contributed by atoms with Crippen molar-refractivity contribution in [2.75, 3.05) is 16.6 Å². The quantitative estimate of drug-likeness (QED) is 0.629. The number of ether oxygens (including phenoxy) is 1. The van der Waals surface area contributed by atoms with Crippen LogP contribution in [0.25, 0.3) is 0 Å². The van der Waals surface area contributed by atoms with E-state index in [1.165, 1.54) is 24.3 Å². The number of carbonyl (C=O) groups is 2. The molecule has 0 saturated heterocycles. The molecule has 0 aliphatic heterocycles. The van der Waals surface area contributed by atoms with Crippen molar-refractivity contribution < 1.29 is 27.9 Å². The van der Waals surface area contributed by atoms with Crippen LogP contribution in [0.1, 0.15) is 38.1 Å². The third-order valence-corrected chi connectivity index (χ3v) is 5.22. The van der Waals surface area contributed by atoms with E-state index in [2.05, 4.69) is 10.0 Å². The first-order valence-corrected chi connectivity index (χ1v) is 10.4. The minimum absolute atomic E-state index is 0.0887. The number of hydrogen-bond acceptors (Lipinski definition) is 5. The highest BCUT2D eigenvalue weighted by molar-refractivity contribution is 7.92. The van der Waals surface area contributed by atoms with Crippen molar-refractivity contribution in [1.82, 2.24) is 0 Å². The highest BCUT2D eigenvalue weighted by atomic mass is 32.2. The Bertz CT molecular complexity index is 1030. The van der Waals surface area contributed by atoms with Gasteiger partial charge in [-0.2, -0.15) is 0 Å². The second kappa shape index (κ2) is 8.52. The number of anilines is 2. The predicted molar refractivity (Wildman–Crippen MR) is 110 cm³/mol. The fraction of sp³-hybridized carbons (Fsp3) is 0.300. The first-order valence-electron chi connectivity index (χ1n) is 8.88. The van der Waals surface area contributed by atoms with Crippen LogP contribution in [-0.2, 0) is 14.8 Å². The molecular formula is C20H24N2O6S. The summed E-state index contributed by atoms with van der Waals surface area (Å²) >= 11 is 0. The van der Waals surface area contributed by atoms with Crippen molar-refractivity contribution >= 4 is 33.3 Å². The largest absolute Gasteiger partial charge is 0.493 e. The van der Waals surface area contributed by atoms with Gasteiger partial charge in [-0.3, -0.25) is 9.52 Å². The van der Waals surface area contributed by atoms with E-state index in [-0.39, 0.29) is 34.4 Å². The lowest BCUT2D eigenvalue weighted by molar-refractivity contribution is -0.123. The summed E-state index contributed by atoms with van der Waals surface area (Å²) in [5.41, 5.74) is -0.197. The second-order valence-electron chi connectivity index (χ2n) is 7.29. The SMILES string of the molecule is CCOc1ccc(S(=O)(=O)Nc2cccc(NC(=O)C(C)(C)C)c2)cc1C(=O)O. The number of carbonyl (C=O) groups excluding carboxylic acids is 1. The van der Waals surface area contributed by atoms with Gasteiger partial charge in [0.25, 0.3) is 10.0 Å². The molecule has 0 unspecified atom stereocenters. The Morgan fingerprint density at radius 3 is 2.31 bits per heavy atom. The van der Waals surface area contributed by atoms with Gasteiger partial charge in [0.2, 0.25) is 5.91 Å². The summed E-state index contributed by atoms with van der Waals surface area (Å²) in [6.45, 7) is 7.24. The molecule has 2 aromatic rings. The number of carboxylic acids is 1. The molecule has 0 aliphatic carbocycles. The van der Waals surface area contributed by atoms with Crippen LogP contribution in [0.3, 0.4) is 0 Å². The lowest BCUT2D eigenvalue weighted by Gasteiger charge is -2.18. The van der Waals surface area contributed by atoms with Gasteiger partial charge in [0, 0.05) is 11.1 Å². The molecule has 0 radical (unpaired) electrons. The topological polar surface area (TPSA) is 122 Å². The number of carboxylic acid groups (broad SMARTS) is 1. The Labute approximate surface area is 169 Å². The van der Waals surface area contributed by atoms with Gasteiger partial charge in [-0.25, -0.2) is 13.2 Å². The van der Waals surface area contributed by atoms with Crippen LogP contribution in [0.4, 0.5) is 11.4 Å². The van der Waals surface area contributed by atoms with Gasteiger partial charge in [0.05, 0.1) is 17.2 Å². The van der Waals surface area contributed by atoms with Crippen LogP contribution in [0, 0.1) is 5.41 Å². The summed E-state index contributed by atoms with van der Waals surface area (Å²) in [6, 6.07) is 9.86. The van der Waals surface area contributed by atoms with E-state index in [0.717, 1.165) is 6.07 Å². The van der Waals surface area contributed by atoms with Gasteiger partial charge in [-0.15, -0.1) is 0 Å². The number of nitrogens with one attached hydrogen (secondary N) is 2. The van der Waals surface area contributed by atoms with E-state index in [0.29, 0.717) is 5.69 Å². The molecule has 8 nitrogen and oxygen atoms in total. The van der Waals surface area contributed by atoms with E-state index in [1.54, 1.807) is 39.8 Å². The van der Waals surface area contributed by atoms with Gasteiger partial charge in [-0.1, -0.05) is 26.8 Å². The molecule has 0 bridgehead atoms. The molecule has 29 heavy (non-hydrogen) atoms. The first kappa shape index (κ1) is 22.2. The zero-order chi connectivity index (χ0) is 21.8. The normalized spacial score (nSPS) is 11.6. The minimum atomic E-state index is -4.06. The molecule has 0 aromatic heterocycles. The Morgan fingerprint density at radius 2 is 1.72 bits per heavy atom. The van der Waals surface area contributed by atoms with E-state index in [9.17, 15) is 23.1 Å². The van der Waals surface area contributed by atoms with Crippen molar-refractivity contribution in [2.24, 2.45) is 5.41 Å². The van der Waals surface area contributed by atoms with Crippen LogP contribution in [0.5, 0.6) is 5.75 Å². The molecule has 0 spiro atoms. The number of aromatic carboxylic acids is 1. The van der Waals surface area contributed by atoms with E-state index in [1.807, 2.05) is 0 Å². The molecule has 0 heterocycles. The number of sulfonamides is 1. The summed E-state index contributed by atoms with van der Waals surface area (Å²) in [6.07, 6.45) is 0. The molecule has 156 valence electrons. The number of benzene rings is 2. The van der Waals surface area contributed by atoms with E-state index >= 15 is 0 Å². The Morgan fingerprint density at radius 1 is 1.07 bits per heavy atom. The van der Waals surface area contributed by atoms with Crippen LogP contribution >= 0.6 is 0 Å². The number of hydrogen-bond donors (Lipinski definition) is 3. The minimum Gasteiger partial charge on any atom is -0.493 e. The van der Waals surface area contributed by atoms with Crippen LogP contribution < -0.4 is 14.8 Å². The highest BCUT2D eigenvalue weighted by Crippen LogP contribution is 2.26. The summed E-state index contributed by atoms with van der Waals surface area (Å²) < 4.78 is 33.0. The maximum Gasteiger partial charge on any atom is 0.339 e. The number of amides is 1. The first-order chi connectivity index (χ1) is 13.4. The zero-order valence-electron chi connectivity index (χ0n) is 16.6. The van der Waals surface area contributed by atoms with Gasteiger partial charge in [0.15, 0.2) is 0 Å². The van der Waals surface area contributed by atoms with E-state index < -0.39 is 21.4 Å². The lowest BCUT2D eigenvalue weighted by atomic mass is 9.95. The molecule has 2 aromatic carbocycles. The molecule has 0 aliphatic rings. The van der Waals surface area contributed by atoms with Gasteiger partial charge in [-0.05, 0) is 43.3 Å². The molecule has 2 rings (SSSR count). The zero-order valence-corrected chi connectivity index (χ0v) is 17.5. The molecule has 0 atom stereocenters. The highest BCUT2D eigenvalue weighted by Gasteiger charge is 2.22. The second-order valence-corrected chi connectivity index (χ2v) is 8.97. The smallest absolute Gasteiger partial charge is 0.339 e. The summed E-state index contributed by atoms with van der Waals surface area (Å²) in [5.74, 6) is -1.42. The Kier molecular flexibility index (Phi) is 6.53. The van der Waals surface area contributed by atoms with Gasteiger partial charge in [0.1, 0.15) is 11.3 Å². The van der Waals surface area contributed by atoms with Crippen molar-refractivity contribution in [3.05, 3.63) is 48.0 Å². The third kappa shape index (κ3) is 5.71. The maximum atomic E-state index is 12.7. The molecule has 1 amide bonds. The van der Waals surface area contributed by atoms with Crippen molar-refractivity contribution in [1.29, 1.82) is 0 Å². The lowest BCUT2D eigenvalue weighted by Crippen LogP contribution is -2.27.